The van der Waals surface area contributed by atoms with E-state index in [0.717, 1.165) is 5.92 Å². The molecule has 0 bridgehead atoms. The van der Waals surface area contributed by atoms with Crippen LogP contribution in [-0.2, 0) is 22.8 Å². The molecule has 0 aromatic heterocycles. The second-order valence-electron chi connectivity index (χ2n) is 7.37. The van der Waals surface area contributed by atoms with Crippen LogP contribution in [0.5, 0.6) is 0 Å². The van der Waals surface area contributed by atoms with Crippen molar-refractivity contribution in [2.75, 3.05) is 0 Å². The van der Waals surface area contributed by atoms with E-state index >= 15 is 0 Å². The molecule has 0 N–H and O–H groups in total. The van der Waals surface area contributed by atoms with E-state index in [-0.39, 0.29) is 24.8 Å². The molecule has 0 nitrogen and oxygen atoms in total. The zero-order valence-corrected chi connectivity index (χ0v) is 19.3. The Balaban J connectivity index is 0.00000144. The van der Waals surface area contributed by atoms with E-state index in [1.165, 1.54) is 32.1 Å². The van der Waals surface area contributed by atoms with Gasteiger partial charge in [0.25, 0.3) is 0 Å². The van der Waals surface area contributed by atoms with E-state index in [0.29, 0.717) is 8.54 Å². The second kappa shape index (κ2) is 8.79. The number of fused-ring (bicyclic) bond motifs is 1. The Kier molecular flexibility index (Phi) is 8.18. The molecule has 1 saturated carbocycles. The Bertz CT molecular complexity index is 601. The molecular weight excluding hydrogens is 414 g/mol. The molecule has 3 aliphatic carbocycles. The number of rotatable bonds is 4. The molecule has 0 spiro atoms. The summed E-state index contributed by atoms with van der Waals surface area (Å²) in [6.07, 6.45) is 21.0. The Morgan fingerprint density at radius 3 is 2.29 bits per heavy atom. The van der Waals surface area contributed by atoms with Gasteiger partial charge in [-0.25, -0.2) is 0 Å². The van der Waals surface area contributed by atoms with Crippen LogP contribution in [0.25, 0.3) is 0 Å². The molecule has 0 heterocycles. The van der Waals surface area contributed by atoms with Crippen LogP contribution in [0.1, 0.15) is 59.8 Å². The van der Waals surface area contributed by atoms with Gasteiger partial charge in [-0.3, -0.25) is 0 Å². The quantitative estimate of drug-likeness (QED) is 0.576. The van der Waals surface area contributed by atoms with Gasteiger partial charge in [0.15, 0.2) is 0 Å². The van der Waals surface area contributed by atoms with E-state index in [9.17, 15) is 0 Å². The van der Waals surface area contributed by atoms with Crippen molar-refractivity contribution in [1.29, 1.82) is 0 Å². The molecule has 3 heteroatoms. The van der Waals surface area contributed by atoms with Gasteiger partial charge in [-0.1, -0.05) is 0 Å². The minimum absolute atomic E-state index is 0. The average molecular weight is 444 g/mol. The van der Waals surface area contributed by atoms with Crippen LogP contribution < -0.4 is 24.8 Å². The molecule has 0 saturated heterocycles. The Labute approximate surface area is 171 Å². The molecule has 0 radical (unpaired) electrons. The number of halogens is 2. The Morgan fingerprint density at radius 1 is 1.08 bits per heavy atom. The first-order valence-electron chi connectivity index (χ1n) is 8.91. The maximum Gasteiger partial charge on any atom is -1.00 e. The molecule has 2 atom stereocenters. The first-order valence-corrected chi connectivity index (χ1v) is 11.4. The fraction of sp³-hybridized carbons (Fsp3) is 0.571. The van der Waals surface area contributed by atoms with Gasteiger partial charge in [0.1, 0.15) is 0 Å². The molecule has 0 aromatic rings. The fourth-order valence-electron chi connectivity index (χ4n) is 5.21. The van der Waals surface area contributed by atoms with Crippen molar-refractivity contribution in [1.82, 2.24) is 0 Å². The van der Waals surface area contributed by atoms with Gasteiger partial charge in [-0.2, -0.15) is 0 Å². The third-order valence-electron chi connectivity index (χ3n) is 6.18. The van der Waals surface area contributed by atoms with Crippen molar-refractivity contribution in [3.8, 4) is 0 Å². The van der Waals surface area contributed by atoms with E-state index < -0.39 is 22.8 Å². The topological polar surface area (TPSA) is 0 Å². The third kappa shape index (κ3) is 3.31. The first kappa shape index (κ1) is 22.3. The zero-order chi connectivity index (χ0) is 15.8. The molecular formula is C21H29Cl2Zr. The van der Waals surface area contributed by atoms with Crippen molar-refractivity contribution in [3.05, 3.63) is 47.6 Å². The Morgan fingerprint density at radius 2 is 1.75 bits per heavy atom. The van der Waals surface area contributed by atoms with Crippen molar-refractivity contribution in [2.45, 2.75) is 62.9 Å². The predicted molar refractivity (Wildman–Crippen MR) is 93.9 cm³/mol. The maximum atomic E-state index is 2.52. The summed E-state index contributed by atoms with van der Waals surface area (Å²) >= 11 is -0.643. The largest absolute Gasteiger partial charge is 1.00 e. The molecule has 0 aliphatic heterocycles. The number of hydrogen-bond acceptors (Lipinski definition) is 0. The van der Waals surface area contributed by atoms with Crippen molar-refractivity contribution < 1.29 is 47.6 Å². The summed E-state index contributed by atoms with van der Waals surface area (Å²) in [5.74, 6) is 0.812. The van der Waals surface area contributed by atoms with Crippen LogP contribution in [0, 0.1) is 11.3 Å². The average Bonchev–Trinajstić information content (AvgIpc) is 3.13. The molecule has 3 aliphatic rings. The molecule has 0 aromatic carbocycles. The zero-order valence-electron chi connectivity index (χ0n) is 15.3. The maximum absolute atomic E-state index is 2.52. The van der Waals surface area contributed by atoms with Crippen LogP contribution in [-0.4, -0.2) is 3.21 Å². The van der Waals surface area contributed by atoms with Gasteiger partial charge in [0.2, 0.25) is 0 Å². The molecule has 1 fully saturated rings. The smallest absolute Gasteiger partial charge is 1.00 e. The summed E-state index contributed by atoms with van der Waals surface area (Å²) in [5.41, 5.74) is 4.09. The number of allylic oxidation sites excluding steroid dienone is 8. The third-order valence-corrected chi connectivity index (χ3v) is 11.1. The second-order valence-corrected chi connectivity index (χ2v) is 12.3. The summed E-state index contributed by atoms with van der Waals surface area (Å²) in [4.78, 5) is 0. The van der Waals surface area contributed by atoms with Crippen molar-refractivity contribution in [2.24, 2.45) is 11.3 Å². The van der Waals surface area contributed by atoms with Gasteiger partial charge in [-0.15, -0.1) is 0 Å². The SMILES string of the molecule is CCC1(CC)CC2CC=CC=C2[C]1([Zr+2]=[C](C)C)C1=CC=CC1.[Cl-].[Cl-]. The fourth-order valence-corrected chi connectivity index (χ4v) is 10.7. The van der Waals surface area contributed by atoms with E-state index in [1.54, 1.807) is 8.78 Å². The summed E-state index contributed by atoms with van der Waals surface area (Å²) in [7, 11) is 0. The van der Waals surface area contributed by atoms with E-state index in [2.05, 4.69) is 64.2 Å². The standard InChI is InChI=1S/C18H23.C3H6.2ClH.Zr/c1-3-18(4-2)13-15-11-7-8-12-16(15)17(18)14-9-5-6-10-14;1-3-2;;;/h5-9,12,15H,3-4,10-11,13H2,1-2H3;1-2H3;2*1H;/q;;;;+2/p-2. The number of hydrogen-bond donors (Lipinski definition) is 0. The van der Waals surface area contributed by atoms with E-state index in [1.807, 2.05) is 5.57 Å². The summed E-state index contributed by atoms with van der Waals surface area (Å²) in [6, 6.07) is 0. The van der Waals surface area contributed by atoms with Crippen molar-refractivity contribution >= 4 is 3.21 Å². The monoisotopic (exact) mass is 441 g/mol. The Hall–Kier alpha value is 0.293. The minimum atomic E-state index is -0.643. The molecule has 24 heavy (non-hydrogen) atoms. The molecule has 0 amide bonds. The first-order chi connectivity index (χ1) is 10.6. The van der Waals surface area contributed by atoms with Gasteiger partial charge >= 0.3 is 148 Å². The molecule has 131 valence electrons. The normalized spacial score (nSPS) is 28.9. The van der Waals surface area contributed by atoms with Crippen LogP contribution in [0.2, 0.25) is 3.12 Å². The van der Waals surface area contributed by atoms with Gasteiger partial charge in [0.05, 0.1) is 0 Å². The van der Waals surface area contributed by atoms with Gasteiger partial charge in [-0.05, 0) is 0 Å². The van der Waals surface area contributed by atoms with Crippen LogP contribution in [0.3, 0.4) is 0 Å². The van der Waals surface area contributed by atoms with Crippen LogP contribution >= 0.6 is 0 Å². The summed E-state index contributed by atoms with van der Waals surface area (Å²) in [6.45, 7) is 9.72. The minimum Gasteiger partial charge on any atom is -1.00 e. The van der Waals surface area contributed by atoms with Gasteiger partial charge < -0.3 is 24.8 Å². The van der Waals surface area contributed by atoms with Crippen LogP contribution in [0.15, 0.2) is 47.6 Å². The predicted octanol–water partition coefficient (Wildman–Crippen LogP) is 0.0467. The van der Waals surface area contributed by atoms with E-state index in [4.69, 9.17) is 0 Å². The summed E-state index contributed by atoms with van der Waals surface area (Å²) in [5, 5.41) is 0. The molecule has 2 unspecified atom stereocenters. The summed E-state index contributed by atoms with van der Waals surface area (Å²) < 4.78 is 2.19. The van der Waals surface area contributed by atoms with Crippen molar-refractivity contribution in [3.63, 3.8) is 0 Å². The van der Waals surface area contributed by atoms with Crippen LogP contribution in [0.4, 0.5) is 0 Å². The molecule has 3 rings (SSSR count). The van der Waals surface area contributed by atoms with Gasteiger partial charge in [0, 0.05) is 0 Å².